The summed E-state index contributed by atoms with van der Waals surface area (Å²) in [5, 5.41) is 2.28. The molecule has 0 aliphatic heterocycles. The lowest BCUT2D eigenvalue weighted by atomic mass is 10.0. The molecule has 1 aliphatic rings. The molecule has 1 rings (SSSR count). The Morgan fingerprint density at radius 1 is 1.44 bits per heavy atom. The van der Waals surface area contributed by atoms with Crippen molar-refractivity contribution >= 4 is 5.97 Å². The summed E-state index contributed by atoms with van der Waals surface area (Å²) in [5.41, 5.74) is -2.59. The normalized spacial score (nSPS) is 20.3. The van der Waals surface area contributed by atoms with Gasteiger partial charge in [0.15, 0.2) is 0 Å². The number of hydrogen-bond acceptors (Lipinski definition) is 3. The first kappa shape index (κ1) is 13.3. The SMILES string of the molecule is CCOC(=O)C(C)(NCC1CC1)C(F)(F)F. The second kappa shape index (κ2) is 4.61. The van der Waals surface area contributed by atoms with E-state index in [4.69, 9.17) is 0 Å². The van der Waals surface area contributed by atoms with E-state index in [0.29, 0.717) is 0 Å². The highest BCUT2D eigenvalue weighted by atomic mass is 19.4. The molecule has 1 N–H and O–H groups in total. The van der Waals surface area contributed by atoms with Crippen molar-refractivity contribution in [3.63, 3.8) is 0 Å². The van der Waals surface area contributed by atoms with E-state index in [9.17, 15) is 18.0 Å². The first-order valence-corrected chi connectivity index (χ1v) is 5.30. The molecule has 1 unspecified atom stereocenters. The minimum absolute atomic E-state index is 0.0599. The fraction of sp³-hybridized carbons (Fsp3) is 0.900. The van der Waals surface area contributed by atoms with Crippen LogP contribution >= 0.6 is 0 Å². The van der Waals surface area contributed by atoms with Crippen molar-refractivity contribution in [1.29, 1.82) is 0 Å². The smallest absolute Gasteiger partial charge is 0.417 e. The number of hydrogen-bond donors (Lipinski definition) is 1. The van der Waals surface area contributed by atoms with Crippen molar-refractivity contribution in [2.24, 2.45) is 5.92 Å². The minimum Gasteiger partial charge on any atom is -0.464 e. The second-order valence-electron chi connectivity index (χ2n) is 4.17. The number of nitrogens with one attached hydrogen (secondary N) is 1. The van der Waals surface area contributed by atoms with Gasteiger partial charge in [-0.25, -0.2) is 4.79 Å². The summed E-state index contributed by atoms with van der Waals surface area (Å²) < 4.78 is 42.8. The maximum absolute atomic E-state index is 12.8. The predicted molar refractivity (Wildman–Crippen MR) is 51.8 cm³/mol. The third-order valence-corrected chi connectivity index (χ3v) is 2.69. The zero-order chi connectivity index (χ0) is 12.4. The molecule has 1 fully saturated rings. The van der Waals surface area contributed by atoms with Crippen LogP contribution in [0.4, 0.5) is 13.2 Å². The van der Waals surface area contributed by atoms with Gasteiger partial charge in [-0.1, -0.05) is 0 Å². The van der Waals surface area contributed by atoms with Gasteiger partial charge in [-0.05, 0) is 39.2 Å². The fourth-order valence-electron chi connectivity index (χ4n) is 1.23. The van der Waals surface area contributed by atoms with Crippen molar-refractivity contribution in [1.82, 2.24) is 5.32 Å². The third kappa shape index (κ3) is 2.87. The monoisotopic (exact) mass is 239 g/mol. The summed E-state index contributed by atoms with van der Waals surface area (Å²) in [6.07, 6.45) is -2.80. The minimum atomic E-state index is -4.64. The van der Waals surface area contributed by atoms with Gasteiger partial charge in [0, 0.05) is 0 Å². The van der Waals surface area contributed by atoms with Gasteiger partial charge in [0.2, 0.25) is 5.54 Å². The zero-order valence-corrected chi connectivity index (χ0v) is 9.36. The highest BCUT2D eigenvalue weighted by Gasteiger charge is 2.58. The van der Waals surface area contributed by atoms with Crippen molar-refractivity contribution < 1.29 is 22.7 Å². The second-order valence-corrected chi connectivity index (χ2v) is 4.17. The summed E-state index contributed by atoms with van der Waals surface area (Å²) in [6, 6.07) is 0. The molecular weight excluding hydrogens is 223 g/mol. The lowest BCUT2D eigenvalue weighted by Gasteiger charge is -2.30. The first-order valence-electron chi connectivity index (χ1n) is 5.30. The summed E-state index contributed by atoms with van der Waals surface area (Å²) in [7, 11) is 0. The molecule has 1 aliphatic carbocycles. The number of carbonyl (C=O) groups excluding carboxylic acids is 1. The van der Waals surface area contributed by atoms with E-state index in [1.54, 1.807) is 0 Å². The number of rotatable bonds is 5. The lowest BCUT2D eigenvalue weighted by Crippen LogP contribution is -2.61. The van der Waals surface area contributed by atoms with Crippen LogP contribution in [0.15, 0.2) is 0 Å². The quantitative estimate of drug-likeness (QED) is 0.744. The van der Waals surface area contributed by atoms with E-state index < -0.39 is 17.7 Å². The Balaban J connectivity index is 2.69. The van der Waals surface area contributed by atoms with Crippen molar-refractivity contribution in [3.8, 4) is 0 Å². The highest BCUT2D eigenvalue weighted by molar-refractivity contribution is 5.81. The number of halogens is 3. The number of ether oxygens (including phenoxy) is 1. The first-order chi connectivity index (χ1) is 7.31. The standard InChI is InChI=1S/C10H16F3NO2/c1-3-16-8(15)9(2,10(11,12)13)14-6-7-4-5-7/h7,14H,3-6H2,1-2H3. The Morgan fingerprint density at radius 2 is 2.00 bits per heavy atom. The summed E-state index contributed by atoms with van der Waals surface area (Å²) in [5.74, 6) is -1.00. The van der Waals surface area contributed by atoms with Gasteiger partial charge in [0.25, 0.3) is 0 Å². The molecule has 1 saturated carbocycles. The van der Waals surface area contributed by atoms with Crippen LogP contribution in [0.5, 0.6) is 0 Å². The summed E-state index contributed by atoms with van der Waals surface area (Å²) in [4.78, 5) is 11.3. The summed E-state index contributed by atoms with van der Waals surface area (Å²) in [6.45, 7) is 2.45. The van der Waals surface area contributed by atoms with Crippen LogP contribution in [0.2, 0.25) is 0 Å². The molecule has 1 atom stereocenters. The molecule has 0 aromatic rings. The maximum Gasteiger partial charge on any atom is 0.417 e. The van der Waals surface area contributed by atoms with Gasteiger partial charge in [-0.3, -0.25) is 5.32 Å². The van der Waals surface area contributed by atoms with Crippen LogP contribution in [0.1, 0.15) is 26.7 Å². The summed E-state index contributed by atoms with van der Waals surface area (Å²) >= 11 is 0. The van der Waals surface area contributed by atoms with Crippen LogP contribution < -0.4 is 5.32 Å². The topological polar surface area (TPSA) is 38.3 Å². The molecule has 6 heteroatoms. The van der Waals surface area contributed by atoms with Crippen LogP contribution in [0.25, 0.3) is 0 Å². The van der Waals surface area contributed by atoms with Gasteiger partial charge in [0.1, 0.15) is 0 Å². The van der Waals surface area contributed by atoms with E-state index in [1.165, 1.54) is 6.92 Å². The van der Waals surface area contributed by atoms with E-state index in [2.05, 4.69) is 10.1 Å². The molecule has 0 bridgehead atoms. The molecule has 16 heavy (non-hydrogen) atoms. The van der Waals surface area contributed by atoms with E-state index in [0.717, 1.165) is 19.8 Å². The van der Waals surface area contributed by atoms with Gasteiger partial charge >= 0.3 is 12.1 Å². The molecule has 0 aromatic heterocycles. The molecular formula is C10H16F3NO2. The van der Waals surface area contributed by atoms with Gasteiger partial charge < -0.3 is 4.74 Å². The molecule has 0 heterocycles. The lowest BCUT2D eigenvalue weighted by molar-refractivity contribution is -0.209. The van der Waals surface area contributed by atoms with E-state index in [1.807, 2.05) is 0 Å². The molecule has 0 spiro atoms. The van der Waals surface area contributed by atoms with E-state index in [-0.39, 0.29) is 19.1 Å². The molecule has 0 aromatic carbocycles. The maximum atomic E-state index is 12.8. The molecule has 0 saturated heterocycles. The Morgan fingerprint density at radius 3 is 2.38 bits per heavy atom. The Kier molecular flexibility index (Phi) is 3.83. The van der Waals surface area contributed by atoms with Crippen molar-refractivity contribution in [2.75, 3.05) is 13.2 Å². The highest BCUT2D eigenvalue weighted by Crippen LogP contribution is 2.34. The molecule has 3 nitrogen and oxygen atoms in total. The van der Waals surface area contributed by atoms with Gasteiger partial charge in [0.05, 0.1) is 6.61 Å². The Labute approximate surface area is 92.3 Å². The van der Waals surface area contributed by atoms with Crippen LogP contribution in [0.3, 0.4) is 0 Å². The Bertz CT molecular complexity index is 263. The van der Waals surface area contributed by atoms with Crippen molar-refractivity contribution in [2.45, 2.75) is 38.4 Å². The third-order valence-electron chi connectivity index (χ3n) is 2.69. The molecule has 94 valence electrons. The average Bonchev–Trinajstić information content (AvgIpc) is 2.96. The fourth-order valence-corrected chi connectivity index (χ4v) is 1.23. The molecule has 0 amide bonds. The van der Waals surface area contributed by atoms with E-state index >= 15 is 0 Å². The zero-order valence-electron chi connectivity index (χ0n) is 9.36. The average molecular weight is 239 g/mol. The van der Waals surface area contributed by atoms with Crippen LogP contribution in [0, 0.1) is 5.92 Å². The van der Waals surface area contributed by atoms with Crippen LogP contribution in [-0.4, -0.2) is 30.8 Å². The van der Waals surface area contributed by atoms with Gasteiger partial charge in [-0.2, -0.15) is 13.2 Å². The molecule has 0 radical (unpaired) electrons. The van der Waals surface area contributed by atoms with Gasteiger partial charge in [-0.15, -0.1) is 0 Å². The number of carbonyl (C=O) groups is 1. The predicted octanol–water partition coefficient (Wildman–Crippen LogP) is 1.87. The van der Waals surface area contributed by atoms with Crippen LogP contribution in [-0.2, 0) is 9.53 Å². The Hall–Kier alpha value is -0.780. The number of alkyl halides is 3. The number of esters is 1. The van der Waals surface area contributed by atoms with Crippen molar-refractivity contribution in [3.05, 3.63) is 0 Å². The largest absolute Gasteiger partial charge is 0.464 e.